The van der Waals surface area contributed by atoms with Crippen molar-refractivity contribution < 1.29 is 19.7 Å². The van der Waals surface area contributed by atoms with Gasteiger partial charge in [0, 0.05) is 10.0 Å². The van der Waals surface area contributed by atoms with Crippen LogP contribution < -0.4 is 4.74 Å². The van der Waals surface area contributed by atoms with Crippen LogP contribution in [0.4, 0.5) is 0 Å². The van der Waals surface area contributed by atoms with Crippen LogP contribution in [0.5, 0.6) is 5.75 Å². The second-order valence-electron chi connectivity index (χ2n) is 4.65. The molecule has 0 amide bonds. The van der Waals surface area contributed by atoms with E-state index in [0.717, 1.165) is 10.0 Å². The van der Waals surface area contributed by atoms with Gasteiger partial charge < -0.3 is 14.9 Å². The Kier molecular flexibility index (Phi) is 4.98. The number of aromatic carboxylic acids is 1. The van der Waals surface area contributed by atoms with Gasteiger partial charge in [-0.25, -0.2) is 4.79 Å². The fourth-order valence-corrected chi connectivity index (χ4v) is 2.22. The molecule has 0 heterocycles. The molecule has 0 bridgehead atoms. The highest BCUT2D eigenvalue weighted by Gasteiger charge is 2.10. The standard InChI is InChI=1S/C16H15BrO4/c1-10(18)14-7-6-13(17)8-15(14)21-9-11-2-4-12(5-3-11)16(19)20/h2-8,10,18H,9H2,1H3,(H,19,20)/t10-/m1/s1. The molecule has 2 aromatic rings. The van der Waals surface area contributed by atoms with E-state index in [1.54, 1.807) is 31.2 Å². The lowest BCUT2D eigenvalue weighted by atomic mass is 10.1. The van der Waals surface area contributed by atoms with E-state index in [2.05, 4.69) is 15.9 Å². The summed E-state index contributed by atoms with van der Waals surface area (Å²) in [7, 11) is 0. The number of ether oxygens (including phenoxy) is 1. The minimum absolute atomic E-state index is 0.242. The van der Waals surface area contributed by atoms with Gasteiger partial charge in [-0.15, -0.1) is 0 Å². The Hall–Kier alpha value is -1.85. The van der Waals surface area contributed by atoms with Gasteiger partial charge in [0.1, 0.15) is 12.4 Å². The summed E-state index contributed by atoms with van der Waals surface area (Å²) in [6, 6.07) is 11.9. The third-order valence-electron chi connectivity index (χ3n) is 3.02. The monoisotopic (exact) mass is 350 g/mol. The number of hydrogen-bond acceptors (Lipinski definition) is 3. The molecule has 1 atom stereocenters. The molecule has 0 fully saturated rings. The molecule has 0 aromatic heterocycles. The second kappa shape index (κ2) is 6.74. The number of carboxylic acids is 1. The number of aliphatic hydroxyl groups excluding tert-OH is 1. The molecular weight excluding hydrogens is 336 g/mol. The van der Waals surface area contributed by atoms with Crippen molar-refractivity contribution in [2.75, 3.05) is 0 Å². The molecule has 0 aliphatic rings. The van der Waals surface area contributed by atoms with Crippen molar-refractivity contribution >= 4 is 21.9 Å². The highest BCUT2D eigenvalue weighted by atomic mass is 79.9. The highest BCUT2D eigenvalue weighted by molar-refractivity contribution is 9.10. The predicted octanol–water partition coefficient (Wildman–Crippen LogP) is 3.78. The summed E-state index contributed by atoms with van der Waals surface area (Å²) in [5, 5.41) is 18.6. The van der Waals surface area contributed by atoms with Crippen LogP contribution >= 0.6 is 15.9 Å². The Bertz CT molecular complexity index is 635. The van der Waals surface area contributed by atoms with Crippen molar-refractivity contribution in [2.45, 2.75) is 19.6 Å². The van der Waals surface area contributed by atoms with Crippen LogP contribution in [-0.2, 0) is 6.61 Å². The van der Waals surface area contributed by atoms with E-state index in [1.807, 2.05) is 6.07 Å². The Morgan fingerprint density at radius 2 is 1.90 bits per heavy atom. The Morgan fingerprint density at radius 1 is 1.24 bits per heavy atom. The molecule has 0 aliphatic heterocycles. The van der Waals surface area contributed by atoms with Gasteiger partial charge in [0.15, 0.2) is 0 Å². The molecule has 0 unspecified atom stereocenters. The van der Waals surface area contributed by atoms with Gasteiger partial charge in [0.25, 0.3) is 0 Å². The molecule has 0 saturated carbocycles. The SMILES string of the molecule is C[C@@H](O)c1ccc(Br)cc1OCc1ccc(C(=O)O)cc1. The molecule has 21 heavy (non-hydrogen) atoms. The van der Waals surface area contributed by atoms with Crippen molar-refractivity contribution in [2.24, 2.45) is 0 Å². The topological polar surface area (TPSA) is 66.8 Å². The maximum Gasteiger partial charge on any atom is 0.335 e. The smallest absolute Gasteiger partial charge is 0.335 e. The first kappa shape index (κ1) is 15.5. The molecule has 4 nitrogen and oxygen atoms in total. The molecule has 110 valence electrons. The number of benzene rings is 2. The van der Waals surface area contributed by atoms with Crippen molar-refractivity contribution in [1.29, 1.82) is 0 Å². The first-order valence-corrected chi connectivity index (χ1v) is 7.19. The molecular formula is C16H15BrO4. The summed E-state index contributed by atoms with van der Waals surface area (Å²) < 4.78 is 6.59. The van der Waals surface area contributed by atoms with Gasteiger partial charge in [-0.1, -0.05) is 34.1 Å². The average molecular weight is 351 g/mol. The zero-order chi connectivity index (χ0) is 15.4. The minimum Gasteiger partial charge on any atom is -0.488 e. The van der Waals surface area contributed by atoms with Crippen molar-refractivity contribution in [3.05, 3.63) is 63.6 Å². The van der Waals surface area contributed by atoms with Gasteiger partial charge in [0.05, 0.1) is 11.7 Å². The molecule has 0 radical (unpaired) electrons. The minimum atomic E-state index is -0.953. The summed E-state index contributed by atoms with van der Waals surface area (Å²) in [6.45, 7) is 1.98. The largest absolute Gasteiger partial charge is 0.488 e. The predicted molar refractivity (Wildman–Crippen MR) is 82.5 cm³/mol. The summed E-state index contributed by atoms with van der Waals surface area (Å²) >= 11 is 3.37. The second-order valence-corrected chi connectivity index (χ2v) is 5.56. The fraction of sp³-hybridized carbons (Fsp3) is 0.188. The Balaban J connectivity index is 2.12. The van der Waals surface area contributed by atoms with Crippen molar-refractivity contribution in [3.63, 3.8) is 0 Å². The summed E-state index contributed by atoms with van der Waals surface area (Å²) in [4.78, 5) is 10.8. The Labute approximate surface area is 131 Å². The zero-order valence-electron chi connectivity index (χ0n) is 11.4. The highest BCUT2D eigenvalue weighted by Crippen LogP contribution is 2.29. The van der Waals surface area contributed by atoms with Crippen molar-refractivity contribution in [1.82, 2.24) is 0 Å². The Morgan fingerprint density at radius 3 is 2.48 bits per heavy atom. The molecule has 5 heteroatoms. The van der Waals surface area contributed by atoms with Gasteiger partial charge in [0.2, 0.25) is 0 Å². The summed E-state index contributed by atoms with van der Waals surface area (Å²) in [5.41, 5.74) is 1.81. The van der Waals surface area contributed by atoms with E-state index in [0.29, 0.717) is 17.9 Å². The van der Waals surface area contributed by atoms with E-state index < -0.39 is 12.1 Å². The number of rotatable bonds is 5. The number of aliphatic hydroxyl groups is 1. The lowest BCUT2D eigenvalue weighted by molar-refractivity contribution is 0.0697. The molecule has 0 saturated heterocycles. The van der Waals surface area contributed by atoms with Gasteiger partial charge >= 0.3 is 5.97 Å². The van der Waals surface area contributed by atoms with Gasteiger partial charge in [-0.05, 0) is 36.8 Å². The van der Waals surface area contributed by atoms with E-state index in [-0.39, 0.29) is 5.56 Å². The lowest BCUT2D eigenvalue weighted by Crippen LogP contribution is -2.02. The third kappa shape index (κ3) is 4.06. The van der Waals surface area contributed by atoms with Crippen LogP contribution in [0.2, 0.25) is 0 Å². The normalized spacial score (nSPS) is 12.0. The first-order chi connectivity index (χ1) is 9.97. The molecule has 2 aromatic carbocycles. The maximum absolute atomic E-state index is 10.8. The van der Waals surface area contributed by atoms with E-state index in [4.69, 9.17) is 9.84 Å². The molecule has 2 rings (SSSR count). The average Bonchev–Trinajstić information content (AvgIpc) is 2.45. The van der Waals surface area contributed by atoms with Crippen LogP contribution in [0.1, 0.15) is 34.5 Å². The van der Waals surface area contributed by atoms with E-state index >= 15 is 0 Å². The van der Waals surface area contributed by atoms with Crippen LogP contribution in [0, 0.1) is 0 Å². The van der Waals surface area contributed by atoms with Crippen LogP contribution in [0.3, 0.4) is 0 Å². The lowest BCUT2D eigenvalue weighted by Gasteiger charge is -2.14. The maximum atomic E-state index is 10.8. The fourth-order valence-electron chi connectivity index (χ4n) is 1.88. The summed E-state index contributed by atoms with van der Waals surface area (Å²) in [5.74, 6) is -0.354. The van der Waals surface area contributed by atoms with Crippen LogP contribution in [0.25, 0.3) is 0 Å². The number of halogens is 1. The van der Waals surface area contributed by atoms with E-state index in [9.17, 15) is 9.90 Å². The number of hydrogen-bond donors (Lipinski definition) is 2. The van der Waals surface area contributed by atoms with Crippen LogP contribution in [-0.4, -0.2) is 16.2 Å². The van der Waals surface area contributed by atoms with Crippen LogP contribution in [0.15, 0.2) is 46.9 Å². The quantitative estimate of drug-likeness (QED) is 0.860. The number of carboxylic acid groups (broad SMARTS) is 1. The molecule has 2 N–H and O–H groups in total. The van der Waals surface area contributed by atoms with E-state index in [1.165, 1.54) is 12.1 Å². The third-order valence-corrected chi connectivity index (χ3v) is 3.51. The summed E-state index contributed by atoms with van der Waals surface area (Å²) in [6.07, 6.45) is -0.623. The molecule has 0 spiro atoms. The van der Waals surface area contributed by atoms with Gasteiger partial charge in [-0.3, -0.25) is 0 Å². The van der Waals surface area contributed by atoms with Gasteiger partial charge in [-0.2, -0.15) is 0 Å². The number of carbonyl (C=O) groups is 1. The molecule has 0 aliphatic carbocycles. The zero-order valence-corrected chi connectivity index (χ0v) is 13.0. The first-order valence-electron chi connectivity index (χ1n) is 6.40. The van der Waals surface area contributed by atoms with Crippen molar-refractivity contribution in [3.8, 4) is 5.75 Å².